The molecule has 118 valence electrons. The second-order valence-electron chi connectivity index (χ2n) is 5.36. The third kappa shape index (κ3) is 3.40. The van der Waals surface area contributed by atoms with Crippen LogP contribution < -0.4 is 5.32 Å². The molecule has 0 saturated carbocycles. The molecule has 1 atom stereocenters. The van der Waals surface area contributed by atoms with Crippen LogP contribution in [0.3, 0.4) is 0 Å². The van der Waals surface area contributed by atoms with Crippen LogP contribution in [0.15, 0.2) is 61.3 Å². The molecule has 0 aliphatic carbocycles. The van der Waals surface area contributed by atoms with Crippen LogP contribution in [0.2, 0.25) is 0 Å². The van der Waals surface area contributed by atoms with Gasteiger partial charge in [-0.15, -0.1) is 0 Å². The monoisotopic (exact) mass is 308 g/mol. The fourth-order valence-corrected chi connectivity index (χ4v) is 2.67. The predicted octanol–water partition coefficient (Wildman–Crippen LogP) is 3.21. The Morgan fingerprint density at radius 3 is 2.78 bits per heavy atom. The van der Waals surface area contributed by atoms with Crippen molar-refractivity contribution in [3.63, 3.8) is 0 Å². The number of para-hydroxylation sites is 1. The van der Waals surface area contributed by atoms with Gasteiger partial charge in [-0.2, -0.15) is 0 Å². The molecule has 23 heavy (non-hydrogen) atoms. The Kier molecular flexibility index (Phi) is 4.68. The van der Waals surface area contributed by atoms with Crippen molar-refractivity contribution in [3.8, 4) is 11.6 Å². The third-order valence-electron chi connectivity index (χ3n) is 3.88. The van der Waals surface area contributed by atoms with Crippen LogP contribution in [0.1, 0.15) is 30.5 Å². The molecule has 0 bridgehead atoms. The Hall–Kier alpha value is -2.66. The SMILES string of the molecule is CC[C@H](NCc1cccnc1-n1ccnc1)c1ccccc1O. The number of phenolic OH excluding ortho intramolecular Hbond substituents is 1. The zero-order chi connectivity index (χ0) is 16.1. The summed E-state index contributed by atoms with van der Waals surface area (Å²) in [4.78, 5) is 8.53. The van der Waals surface area contributed by atoms with Gasteiger partial charge in [-0.05, 0) is 18.6 Å². The highest BCUT2D eigenvalue weighted by Gasteiger charge is 2.14. The van der Waals surface area contributed by atoms with E-state index < -0.39 is 0 Å². The maximum atomic E-state index is 10.0. The molecule has 5 nitrogen and oxygen atoms in total. The zero-order valence-corrected chi connectivity index (χ0v) is 13.1. The average Bonchev–Trinajstić information content (AvgIpc) is 3.11. The second kappa shape index (κ2) is 7.07. The van der Waals surface area contributed by atoms with Crippen LogP contribution in [-0.2, 0) is 6.54 Å². The van der Waals surface area contributed by atoms with E-state index in [1.54, 1.807) is 24.8 Å². The van der Waals surface area contributed by atoms with E-state index in [0.717, 1.165) is 23.4 Å². The number of aromatic nitrogens is 3. The summed E-state index contributed by atoms with van der Waals surface area (Å²) in [6.45, 7) is 2.76. The lowest BCUT2D eigenvalue weighted by molar-refractivity contribution is 0.440. The minimum Gasteiger partial charge on any atom is -0.508 e. The van der Waals surface area contributed by atoms with E-state index in [1.165, 1.54) is 0 Å². The van der Waals surface area contributed by atoms with Gasteiger partial charge in [0, 0.05) is 42.3 Å². The van der Waals surface area contributed by atoms with Crippen LogP contribution in [-0.4, -0.2) is 19.6 Å². The molecular weight excluding hydrogens is 288 g/mol. The van der Waals surface area contributed by atoms with Gasteiger partial charge < -0.3 is 10.4 Å². The van der Waals surface area contributed by atoms with Crippen molar-refractivity contribution in [1.29, 1.82) is 0 Å². The number of benzene rings is 1. The summed E-state index contributed by atoms with van der Waals surface area (Å²) < 4.78 is 1.90. The van der Waals surface area contributed by atoms with Crippen LogP contribution in [0.4, 0.5) is 0 Å². The standard InChI is InChI=1S/C18H20N4O/c1-2-16(15-7-3-4-8-17(15)23)21-12-14-6-5-9-20-18(14)22-11-10-19-13-22/h3-11,13,16,21,23H,2,12H2,1H3/t16-/m0/s1. The van der Waals surface area contributed by atoms with E-state index in [4.69, 9.17) is 0 Å². The van der Waals surface area contributed by atoms with E-state index in [1.807, 2.05) is 41.1 Å². The van der Waals surface area contributed by atoms with Crippen LogP contribution >= 0.6 is 0 Å². The van der Waals surface area contributed by atoms with E-state index in [2.05, 4.69) is 22.2 Å². The third-order valence-corrected chi connectivity index (χ3v) is 3.88. The van der Waals surface area contributed by atoms with E-state index in [9.17, 15) is 5.11 Å². The molecular formula is C18H20N4O. The summed E-state index contributed by atoms with van der Waals surface area (Å²) in [5.41, 5.74) is 2.00. The molecule has 1 aromatic carbocycles. The lowest BCUT2D eigenvalue weighted by atomic mass is 10.0. The zero-order valence-electron chi connectivity index (χ0n) is 13.1. The second-order valence-corrected chi connectivity index (χ2v) is 5.36. The fraction of sp³-hybridized carbons (Fsp3) is 0.222. The van der Waals surface area contributed by atoms with Gasteiger partial charge >= 0.3 is 0 Å². The van der Waals surface area contributed by atoms with Crippen LogP contribution in [0.5, 0.6) is 5.75 Å². The first kappa shape index (κ1) is 15.2. The number of hydrogen-bond acceptors (Lipinski definition) is 4. The molecule has 0 aliphatic rings. The first-order chi connectivity index (χ1) is 11.3. The fourth-order valence-electron chi connectivity index (χ4n) is 2.67. The van der Waals surface area contributed by atoms with Gasteiger partial charge in [0.1, 0.15) is 17.9 Å². The average molecular weight is 308 g/mol. The topological polar surface area (TPSA) is 63.0 Å². The Morgan fingerprint density at radius 1 is 1.17 bits per heavy atom. The molecule has 0 amide bonds. The van der Waals surface area contributed by atoms with E-state index in [0.29, 0.717) is 12.3 Å². The van der Waals surface area contributed by atoms with Crippen LogP contribution in [0.25, 0.3) is 5.82 Å². The van der Waals surface area contributed by atoms with Gasteiger partial charge in [0.2, 0.25) is 0 Å². The lowest BCUT2D eigenvalue weighted by Gasteiger charge is -2.19. The first-order valence-corrected chi connectivity index (χ1v) is 7.73. The highest BCUT2D eigenvalue weighted by molar-refractivity contribution is 5.36. The van der Waals surface area contributed by atoms with Crippen molar-refractivity contribution in [1.82, 2.24) is 19.9 Å². The molecule has 0 fully saturated rings. The van der Waals surface area contributed by atoms with Gasteiger partial charge in [0.25, 0.3) is 0 Å². The molecule has 2 aromatic heterocycles. The van der Waals surface area contributed by atoms with Gasteiger partial charge in [-0.1, -0.05) is 31.2 Å². The molecule has 3 aromatic rings. The number of nitrogens with one attached hydrogen (secondary N) is 1. The molecule has 0 spiro atoms. The highest BCUT2D eigenvalue weighted by Crippen LogP contribution is 2.26. The lowest BCUT2D eigenvalue weighted by Crippen LogP contribution is -2.21. The number of phenols is 1. The number of rotatable bonds is 6. The number of pyridine rings is 1. The van der Waals surface area contributed by atoms with Crippen LogP contribution in [0, 0.1) is 0 Å². The quantitative estimate of drug-likeness (QED) is 0.734. The van der Waals surface area contributed by atoms with Gasteiger partial charge in [0.15, 0.2) is 0 Å². The van der Waals surface area contributed by atoms with Gasteiger partial charge in [-0.3, -0.25) is 4.57 Å². The molecule has 2 N–H and O–H groups in total. The Labute approximate surface area is 135 Å². The van der Waals surface area contributed by atoms with Gasteiger partial charge in [-0.25, -0.2) is 9.97 Å². The largest absolute Gasteiger partial charge is 0.508 e. The number of imidazole rings is 1. The van der Waals surface area contributed by atoms with Crippen molar-refractivity contribution in [3.05, 3.63) is 72.4 Å². The Bertz CT molecular complexity index is 755. The van der Waals surface area contributed by atoms with E-state index >= 15 is 0 Å². The predicted molar refractivity (Wildman–Crippen MR) is 89.3 cm³/mol. The van der Waals surface area contributed by atoms with Gasteiger partial charge in [0.05, 0.1) is 0 Å². The minimum absolute atomic E-state index is 0.0899. The molecule has 5 heteroatoms. The summed E-state index contributed by atoms with van der Waals surface area (Å²) in [5.74, 6) is 1.19. The summed E-state index contributed by atoms with van der Waals surface area (Å²) in [7, 11) is 0. The first-order valence-electron chi connectivity index (χ1n) is 7.73. The Morgan fingerprint density at radius 2 is 2.04 bits per heavy atom. The summed E-state index contributed by atoms with van der Waals surface area (Å²) >= 11 is 0. The highest BCUT2D eigenvalue weighted by atomic mass is 16.3. The minimum atomic E-state index is 0.0899. The molecule has 0 saturated heterocycles. The summed E-state index contributed by atoms with van der Waals surface area (Å²) in [6, 6.07) is 11.5. The van der Waals surface area contributed by atoms with Crippen molar-refractivity contribution in [2.45, 2.75) is 25.9 Å². The molecule has 3 rings (SSSR count). The molecule has 0 unspecified atom stereocenters. The van der Waals surface area contributed by atoms with Crippen molar-refractivity contribution in [2.75, 3.05) is 0 Å². The number of nitrogens with zero attached hydrogens (tertiary/aromatic N) is 3. The summed E-state index contributed by atoms with van der Waals surface area (Å²) in [5, 5.41) is 13.6. The van der Waals surface area contributed by atoms with E-state index in [-0.39, 0.29) is 6.04 Å². The van der Waals surface area contributed by atoms with Crippen molar-refractivity contribution in [2.24, 2.45) is 0 Å². The number of aromatic hydroxyl groups is 1. The molecule has 0 radical (unpaired) electrons. The number of hydrogen-bond donors (Lipinski definition) is 2. The maximum absolute atomic E-state index is 10.0. The van der Waals surface area contributed by atoms with Crippen molar-refractivity contribution < 1.29 is 5.11 Å². The molecule has 0 aliphatic heterocycles. The van der Waals surface area contributed by atoms with Crippen molar-refractivity contribution >= 4 is 0 Å². The maximum Gasteiger partial charge on any atom is 0.142 e. The molecule has 2 heterocycles. The smallest absolute Gasteiger partial charge is 0.142 e. The Balaban J connectivity index is 1.79. The summed E-state index contributed by atoms with van der Waals surface area (Å²) in [6.07, 6.45) is 8.03. The normalized spacial score (nSPS) is 12.2.